The molecule has 1 aliphatic heterocycles. The lowest BCUT2D eigenvalue weighted by Gasteiger charge is -2.33. The largest absolute Gasteiger partial charge is 0.497 e. The standard InChI is InChI=1S/C23H24N6O/c1-27-12-14-28(15-13-27)21-7-6-20-25-22(18-4-3-5-19(16-18)30-2)23(29(20)26-21)17-8-10-24-11-9-17/h3-11,16H,12-15H2,1-2H3. The van der Waals surface area contributed by atoms with Gasteiger partial charge in [0, 0.05) is 49.7 Å². The van der Waals surface area contributed by atoms with Crippen molar-refractivity contribution in [2.45, 2.75) is 0 Å². The number of hydrogen-bond acceptors (Lipinski definition) is 6. The highest BCUT2D eigenvalue weighted by Gasteiger charge is 2.20. The molecule has 1 aromatic carbocycles. The zero-order chi connectivity index (χ0) is 20.5. The second kappa shape index (κ2) is 7.76. The summed E-state index contributed by atoms with van der Waals surface area (Å²) in [5, 5.41) is 5.00. The van der Waals surface area contributed by atoms with Crippen molar-refractivity contribution in [3.05, 3.63) is 60.9 Å². The lowest BCUT2D eigenvalue weighted by atomic mass is 10.1. The maximum absolute atomic E-state index is 5.43. The van der Waals surface area contributed by atoms with E-state index in [1.54, 1.807) is 19.5 Å². The van der Waals surface area contributed by atoms with Gasteiger partial charge in [0.2, 0.25) is 0 Å². The van der Waals surface area contributed by atoms with Crippen molar-refractivity contribution in [1.29, 1.82) is 0 Å². The number of benzene rings is 1. The number of likely N-dealkylation sites (N-methyl/N-ethyl adjacent to an activating group) is 1. The molecule has 1 fully saturated rings. The van der Waals surface area contributed by atoms with Crippen LogP contribution in [0.5, 0.6) is 5.75 Å². The van der Waals surface area contributed by atoms with E-state index in [9.17, 15) is 0 Å². The van der Waals surface area contributed by atoms with E-state index in [1.165, 1.54) is 0 Å². The molecule has 0 bridgehead atoms. The molecule has 7 nitrogen and oxygen atoms in total. The number of imidazole rings is 1. The Bertz CT molecular complexity index is 1170. The van der Waals surface area contributed by atoms with Crippen LogP contribution < -0.4 is 9.64 Å². The van der Waals surface area contributed by atoms with Crippen molar-refractivity contribution in [2.24, 2.45) is 0 Å². The Morgan fingerprint density at radius 3 is 2.47 bits per heavy atom. The number of aromatic nitrogens is 4. The van der Waals surface area contributed by atoms with Gasteiger partial charge in [0.15, 0.2) is 5.65 Å². The maximum atomic E-state index is 5.43. The van der Waals surface area contributed by atoms with E-state index < -0.39 is 0 Å². The minimum absolute atomic E-state index is 0.802. The zero-order valence-electron chi connectivity index (χ0n) is 17.2. The summed E-state index contributed by atoms with van der Waals surface area (Å²) >= 11 is 0. The number of fused-ring (bicyclic) bond motifs is 1. The van der Waals surface area contributed by atoms with Crippen molar-refractivity contribution >= 4 is 11.5 Å². The molecule has 0 spiro atoms. The third-order valence-electron chi connectivity index (χ3n) is 5.59. The monoisotopic (exact) mass is 400 g/mol. The topological polar surface area (TPSA) is 58.8 Å². The predicted molar refractivity (Wildman–Crippen MR) is 118 cm³/mol. The average molecular weight is 400 g/mol. The number of hydrogen-bond donors (Lipinski definition) is 0. The normalized spacial score (nSPS) is 14.9. The number of methoxy groups -OCH3 is 1. The molecule has 30 heavy (non-hydrogen) atoms. The number of rotatable bonds is 4. The zero-order valence-corrected chi connectivity index (χ0v) is 17.2. The molecular weight excluding hydrogens is 376 g/mol. The van der Waals surface area contributed by atoms with Crippen molar-refractivity contribution < 1.29 is 4.74 Å². The van der Waals surface area contributed by atoms with E-state index in [-0.39, 0.29) is 0 Å². The summed E-state index contributed by atoms with van der Waals surface area (Å²) in [6, 6.07) is 16.1. The third-order valence-corrected chi connectivity index (χ3v) is 5.59. The fourth-order valence-corrected chi connectivity index (χ4v) is 3.87. The van der Waals surface area contributed by atoms with E-state index in [2.05, 4.69) is 40.0 Å². The van der Waals surface area contributed by atoms with E-state index in [0.717, 1.165) is 65.9 Å². The predicted octanol–water partition coefficient (Wildman–Crippen LogP) is 3.22. The third kappa shape index (κ3) is 3.37. The van der Waals surface area contributed by atoms with Crippen LogP contribution in [0, 0.1) is 0 Å². The van der Waals surface area contributed by atoms with Crippen molar-refractivity contribution in [3.8, 4) is 28.3 Å². The molecule has 4 heterocycles. The van der Waals surface area contributed by atoms with Gasteiger partial charge in [-0.25, -0.2) is 9.50 Å². The van der Waals surface area contributed by atoms with Gasteiger partial charge in [0.05, 0.1) is 12.8 Å². The number of pyridine rings is 1. The fourth-order valence-electron chi connectivity index (χ4n) is 3.87. The van der Waals surface area contributed by atoms with Gasteiger partial charge in [0.1, 0.15) is 17.3 Å². The Labute approximate surface area is 175 Å². The first-order chi connectivity index (χ1) is 14.7. The van der Waals surface area contributed by atoms with E-state index in [0.29, 0.717) is 0 Å². The highest BCUT2D eigenvalue weighted by Crippen LogP contribution is 2.34. The molecule has 152 valence electrons. The van der Waals surface area contributed by atoms with Gasteiger partial charge in [-0.15, -0.1) is 5.10 Å². The second-order valence-electron chi connectivity index (χ2n) is 7.53. The number of piperazine rings is 1. The summed E-state index contributed by atoms with van der Waals surface area (Å²) in [5.74, 6) is 1.77. The molecular formula is C23H24N6O. The molecule has 0 aliphatic carbocycles. The minimum atomic E-state index is 0.802. The first-order valence-electron chi connectivity index (χ1n) is 10.1. The van der Waals surface area contributed by atoms with Crippen LogP contribution in [0.1, 0.15) is 0 Å². The Kier molecular flexibility index (Phi) is 4.80. The molecule has 0 saturated carbocycles. The molecule has 1 saturated heterocycles. The van der Waals surface area contributed by atoms with Gasteiger partial charge in [-0.1, -0.05) is 12.1 Å². The summed E-state index contributed by atoms with van der Waals surface area (Å²) < 4.78 is 7.39. The lowest BCUT2D eigenvalue weighted by molar-refractivity contribution is 0.311. The molecule has 4 aromatic rings. The SMILES string of the molecule is COc1cccc(-c2nc3ccc(N4CCN(C)CC4)nn3c2-c2ccncc2)c1. The molecule has 1 aliphatic rings. The van der Waals surface area contributed by atoms with E-state index >= 15 is 0 Å². The van der Waals surface area contributed by atoms with Crippen LogP contribution in [0.4, 0.5) is 5.82 Å². The lowest BCUT2D eigenvalue weighted by Crippen LogP contribution is -2.44. The average Bonchev–Trinajstić information content (AvgIpc) is 3.19. The van der Waals surface area contributed by atoms with Crippen LogP contribution in [0.2, 0.25) is 0 Å². The number of nitrogens with zero attached hydrogens (tertiary/aromatic N) is 6. The number of anilines is 1. The van der Waals surface area contributed by atoms with Crippen molar-refractivity contribution in [2.75, 3.05) is 45.2 Å². The summed E-state index contributed by atoms with van der Waals surface area (Å²) in [5.41, 5.74) is 4.67. The number of ether oxygens (including phenoxy) is 1. The first kappa shape index (κ1) is 18.6. The molecule has 7 heteroatoms. The van der Waals surface area contributed by atoms with Gasteiger partial charge in [-0.05, 0) is 43.4 Å². The molecule has 0 radical (unpaired) electrons. The molecule has 0 atom stereocenters. The van der Waals surface area contributed by atoms with Gasteiger partial charge < -0.3 is 14.5 Å². The molecule has 0 unspecified atom stereocenters. The van der Waals surface area contributed by atoms with Crippen LogP contribution in [0.3, 0.4) is 0 Å². The fraction of sp³-hybridized carbons (Fsp3) is 0.261. The molecule has 0 amide bonds. The van der Waals surface area contributed by atoms with Crippen LogP contribution in [0.15, 0.2) is 60.9 Å². The van der Waals surface area contributed by atoms with E-state index in [4.69, 9.17) is 14.8 Å². The van der Waals surface area contributed by atoms with Crippen LogP contribution in [-0.2, 0) is 0 Å². The summed E-state index contributed by atoms with van der Waals surface area (Å²) in [6.45, 7) is 4.01. The van der Waals surface area contributed by atoms with Crippen LogP contribution in [-0.4, -0.2) is 64.8 Å². The highest BCUT2D eigenvalue weighted by molar-refractivity contribution is 5.82. The summed E-state index contributed by atoms with van der Waals surface area (Å²) in [7, 11) is 3.84. The minimum Gasteiger partial charge on any atom is -0.497 e. The Morgan fingerprint density at radius 2 is 1.70 bits per heavy atom. The first-order valence-corrected chi connectivity index (χ1v) is 10.1. The van der Waals surface area contributed by atoms with Gasteiger partial charge >= 0.3 is 0 Å². The van der Waals surface area contributed by atoms with Crippen LogP contribution in [0.25, 0.3) is 28.2 Å². The second-order valence-corrected chi connectivity index (χ2v) is 7.53. The van der Waals surface area contributed by atoms with Crippen LogP contribution >= 0.6 is 0 Å². The van der Waals surface area contributed by atoms with Gasteiger partial charge in [0.25, 0.3) is 0 Å². The Hall–Kier alpha value is -3.45. The quantitative estimate of drug-likeness (QED) is 0.524. The molecule has 0 N–H and O–H groups in total. The highest BCUT2D eigenvalue weighted by atomic mass is 16.5. The Morgan fingerprint density at radius 1 is 0.900 bits per heavy atom. The van der Waals surface area contributed by atoms with Crippen molar-refractivity contribution in [3.63, 3.8) is 0 Å². The molecule has 3 aromatic heterocycles. The summed E-state index contributed by atoms with van der Waals surface area (Å²) in [6.07, 6.45) is 3.60. The van der Waals surface area contributed by atoms with Gasteiger partial charge in [-0.2, -0.15) is 0 Å². The molecule has 5 rings (SSSR count). The van der Waals surface area contributed by atoms with Gasteiger partial charge in [-0.3, -0.25) is 4.98 Å². The smallest absolute Gasteiger partial charge is 0.155 e. The maximum Gasteiger partial charge on any atom is 0.155 e. The Balaban J connectivity index is 1.68. The van der Waals surface area contributed by atoms with Crippen molar-refractivity contribution in [1.82, 2.24) is 24.5 Å². The summed E-state index contributed by atoms with van der Waals surface area (Å²) in [4.78, 5) is 13.8. The van der Waals surface area contributed by atoms with E-state index in [1.807, 2.05) is 34.8 Å².